The van der Waals surface area contributed by atoms with Crippen LogP contribution in [0.2, 0.25) is 0 Å². The Bertz CT molecular complexity index is 46.1. The van der Waals surface area contributed by atoms with Crippen molar-refractivity contribution in [2.24, 2.45) is 5.73 Å². The van der Waals surface area contributed by atoms with Crippen molar-refractivity contribution >= 4 is 17.3 Å². The van der Waals surface area contributed by atoms with Crippen molar-refractivity contribution in [2.45, 2.75) is 0 Å². The Balaban J connectivity index is 0. The first-order valence-corrected chi connectivity index (χ1v) is 1.40. The number of hydrogen-bond donors (Lipinski definition) is 2. The minimum Gasteiger partial charge on any atom is -0.584 e. The SMILES string of the molecule is [NH-]NC(N)=S.[Zn]. The van der Waals surface area contributed by atoms with Crippen molar-refractivity contribution in [2.75, 3.05) is 0 Å². The molecule has 0 aromatic carbocycles. The largest absolute Gasteiger partial charge is 0.584 e. The van der Waals surface area contributed by atoms with E-state index in [4.69, 9.17) is 11.6 Å². The van der Waals surface area contributed by atoms with Crippen molar-refractivity contribution in [3.8, 4) is 0 Å². The van der Waals surface area contributed by atoms with Gasteiger partial charge < -0.3 is 17.0 Å². The summed E-state index contributed by atoms with van der Waals surface area (Å²) in [6.45, 7) is 0. The van der Waals surface area contributed by atoms with Crippen molar-refractivity contribution in [3.05, 3.63) is 5.84 Å². The zero-order chi connectivity index (χ0) is 4.28. The second kappa shape index (κ2) is 5.27. The maximum absolute atomic E-state index is 6.14. The summed E-state index contributed by atoms with van der Waals surface area (Å²) in [5.41, 5.74) is 6.51. The second-order valence-corrected chi connectivity index (χ2v) is 0.929. The van der Waals surface area contributed by atoms with E-state index in [2.05, 4.69) is 12.2 Å². The molecule has 0 aliphatic heterocycles. The molecule has 0 aliphatic carbocycles. The average Bonchev–Trinajstić information content (AvgIpc) is 1.38. The van der Waals surface area contributed by atoms with Gasteiger partial charge in [0, 0.05) is 19.5 Å². The fourth-order valence-electron chi connectivity index (χ4n) is 0. The Kier molecular flexibility index (Phi) is 8.40. The van der Waals surface area contributed by atoms with Gasteiger partial charge in [-0.05, 0) is 12.2 Å². The summed E-state index contributed by atoms with van der Waals surface area (Å²) < 4.78 is 0. The molecule has 0 radical (unpaired) electrons. The second-order valence-electron chi connectivity index (χ2n) is 0.489. The van der Waals surface area contributed by atoms with Crippen molar-refractivity contribution < 1.29 is 19.5 Å². The van der Waals surface area contributed by atoms with Gasteiger partial charge in [0.05, 0.1) is 0 Å². The van der Waals surface area contributed by atoms with Crippen LogP contribution in [0.4, 0.5) is 0 Å². The van der Waals surface area contributed by atoms with E-state index >= 15 is 0 Å². The molecule has 0 unspecified atom stereocenters. The minimum atomic E-state index is 0. The third-order valence-electron chi connectivity index (χ3n) is 0.123. The van der Waals surface area contributed by atoms with E-state index in [0.717, 1.165) is 0 Å². The van der Waals surface area contributed by atoms with Gasteiger partial charge in [0.1, 0.15) is 5.11 Å². The fraction of sp³-hybridized carbons (Fsp3) is 0. The van der Waals surface area contributed by atoms with E-state index in [1.165, 1.54) is 0 Å². The number of nitrogens with two attached hydrogens (primary N) is 1. The van der Waals surface area contributed by atoms with E-state index in [1.54, 1.807) is 5.43 Å². The predicted octanol–water partition coefficient (Wildman–Crippen LogP) is -0.216. The van der Waals surface area contributed by atoms with Gasteiger partial charge in [-0.15, -0.1) is 0 Å². The smallest absolute Gasteiger partial charge is 0.146 e. The van der Waals surface area contributed by atoms with E-state index in [1.807, 2.05) is 0 Å². The maximum Gasteiger partial charge on any atom is 0.146 e. The van der Waals surface area contributed by atoms with Crippen molar-refractivity contribution in [1.82, 2.24) is 5.43 Å². The first-order valence-electron chi connectivity index (χ1n) is 0.993. The van der Waals surface area contributed by atoms with E-state index in [9.17, 15) is 0 Å². The van der Waals surface area contributed by atoms with E-state index in [-0.39, 0.29) is 24.6 Å². The van der Waals surface area contributed by atoms with Gasteiger partial charge in [-0.2, -0.15) is 0 Å². The number of thiocarbonyl (C=S) groups is 1. The van der Waals surface area contributed by atoms with Gasteiger partial charge in [-0.1, -0.05) is 0 Å². The van der Waals surface area contributed by atoms with Crippen LogP contribution in [0.5, 0.6) is 0 Å². The van der Waals surface area contributed by atoms with Crippen LogP contribution in [0, 0.1) is 0 Å². The Hall–Kier alpha value is 0.273. The van der Waals surface area contributed by atoms with Crippen LogP contribution in [0.3, 0.4) is 0 Å². The van der Waals surface area contributed by atoms with Crippen LogP contribution in [0.15, 0.2) is 0 Å². The summed E-state index contributed by atoms with van der Waals surface area (Å²) in [6.07, 6.45) is 0. The molecule has 3 nitrogen and oxygen atoms in total. The summed E-state index contributed by atoms with van der Waals surface area (Å²) in [4.78, 5) is 0. The third-order valence-corrected chi connectivity index (χ3v) is 0.225. The normalized spacial score (nSPS) is 5.50. The molecule has 0 fully saturated rings. The van der Waals surface area contributed by atoms with Crippen LogP contribution < -0.4 is 11.2 Å². The van der Waals surface area contributed by atoms with Gasteiger partial charge in [-0.25, -0.2) is 0 Å². The summed E-state index contributed by atoms with van der Waals surface area (Å²) in [5, 5.41) is 0.00463. The molecule has 0 rings (SSSR count). The summed E-state index contributed by atoms with van der Waals surface area (Å²) in [6, 6.07) is 0. The molecule has 0 amide bonds. The number of nitrogens with one attached hydrogen (secondary N) is 2. The van der Waals surface area contributed by atoms with Crippen LogP contribution in [0.1, 0.15) is 0 Å². The zero-order valence-corrected chi connectivity index (χ0v) is 6.98. The summed E-state index contributed by atoms with van der Waals surface area (Å²) >= 11 is 4.18. The Morgan fingerprint density at radius 2 is 2.00 bits per heavy atom. The molecule has 0 aromatic rings. The molecule has 6 heavy (non-hydrogen) atoms. The van der Waals surface area contributed by atoms with Gasteiger partial charge in [0.15, 0.2) is 0 Å². The Morgan fingerprint density at radius 1 is 1.83 bits per heavy atom. The van der Waals surface area contributed by atoms with Crippen molar-refractivity contribution in [1.29, 1.82) is 0 Å². The monoisotopic (exact) mass is 154 g/mol. The standard InChI is InChI=1S/CH4N3S.Zn/c2-1(5)4-3;/h3H,(H3,2,4,5);/q-1;. The maximum atomic E-state index is 6.14. The Labute approximate surface area is 54.2 Å². The van der Waals surface area contributed by atoms with Gasteiger partial charge in [-0.3, -0.25) is 0 Å². The molecule has 0 spiro atoms. The third kappa shape index (κ3) is 8.86. The van der Waals surface area contributed by atoms with Crippen molar-refractivity contribution in [3.63, 3.8) is 0 Å². The molecule has 0 aliphatic rings. The first-order chi connectivity index (χ1) is 2.27. The molecule has 0 bridgehead atoms. The van der Waals surface area contributed by atoms with Crippen LogP contribution in [-0.4, -0.2) is 5.11 Å². The molecule has 0 saturated carbocycles. The molecule has 0 atom stereocenters. The molecule has 0 saturated heterocycles. The van der Waals surface area contributed by atoms with Gasteiger partial charge >= 0.3 is 0 Å². The van der Waals surface area contributed by atoms with Gasteiger partial charge in [0.25, 0.3) is 0 Å². The molecule has 4 N–H and O–H groups in total. The fourth-order valence-corrected chi connectivity index (χ4v) is 0. The molecular weight excluding hydrogens is 151 g/mol. The molecule has 32 valence electrons. The minimum absolute atomic E-state index is 0. The predicted molar refractivity (Wildman–Crippen MR) is 24.2 cm³/mol. The average molecular weight is 156 g/mol. The summed E-state index contributed by atoms with van der Waals surface area (Å²) in [5.74, 6) is 6.14. The van der Waals surface area contributed by atoms with Gasteiger partial charge in [0.2, 0.25) is 0 Å². The quantitative estimate of drug-likeness (QED) is 0.289. The van der Waals surface area contributed by atoms with E-state index < -0.39 is 0 Å². The molecule has 0 aromatic heterocycles. The topological polar surface area (TPSA) is 61.8 Å². The first kappa shape index (κ1) is 9.55. The molecule has 0 heterocycles. The zero-order valence-electron chi connectivity index (χ0n) is 3.19. The van der Waals surface area contributed by atoms with E-state index in [0.29, 0.717) is 0 Å². The summed E-state index contributed by atoms with van der Waals surface area (Å²) in [7, 11) is 0. The number of hydrogen-bond acceptors (Lipinski definition) is 1. The van der Waals surface area contributed by atoms with Crippen LogP contribution in [0.25, 0.3) is 5.84 Å². The number of rotatable bonds is 0. The molecular formula is CH4N3SZn-. The Morgan fingerprint density at radius 3 is 2.00 bits per heavy atom. The molecule has 5 heteroatoms. The van der Waals surface area contributed by atoms with Crippen LogP contribution >= 0.6 is 12.2 Å². The van der Waals surface area contributed by atoms with Crippen LogP contribution in [-0.2, 0) is 19.5 Å².